The number of carbonyl (C=O) groups is 1. The predicted molar refractivity (Wildman–Crippen MR) is 73.0 cm³/mol. The van der Waals surface area contributed by atoms with Crippen molar-refractivity contribution in [1.29, 1.82) is 0 Å². The highest BCUT2D eigenvalue weighted by molar-refractivity contribution is 5.64. The van der Waals surface area contributed by atoms with Gasteiger partial charge < -0.3 is 20.6 Å². The molecule has 19 heavy (non-hydrogen) atoms. The fourth-order valence-corrected chi connectivity index (χ4v) is 2.86. The van der Waals surface area contributed by atoms with E-state index in [1.165, 1.54) is 19.3 Å². The Morgan fingerprint density at radius 3 is 2.21 bits per heavy atom. The molecule has 3 atom stereocenters. The summed E-state index contributed by atoms with van der Waals surface area (Å²) >= 11 is 0. The van der Waals surface area contributed by atoms with Gasteiger partial charge in [0.05, 0.1) is 12.1 Å². The maximum Gasteiger partial charge on any atom is 0.404 e. The van der Waals surface area contributed by atoms with Crippen LogP contribution in [0.4, 0.5) is 4.79 Å². The molecule has 0 spiro atoms. The van der Waals surface area contributed by atoms with Gasteiger partial charge >= 0.3 is 6.09 Å². The van der Waals surface area contributed by atoms with Crippen molar-refractivity contribution in [1.82, 2.24) is 5.32 Å². The number of hydrogen-bond acceptors (Lipinski definition) is 3. The second-order valence-corrected chi connectivity index (χ2v) is 6.02. The zero-order chi connectivity index (χ0) is 14.4. The Morgan fingerprint density at radius 2 is 1.74 bits per heavy atom. The molecule has 5 nitrogen and oxygen atoms in total. The van der Waals surface area contributed by atoms with E-state index in [2.05, 4.69) is 5.32 Å². The van der Waals surface area contributed by atoms with Gasteiger partial charge in [-0.15, -0.1) is 0 Å². The van der Waals surface area contributed by atoms with Gasteiger partial charge in [-0.1, -0.05) is 46.0 Å². The summed E-state index contributed by atoms with van der Waals surface area (Å²) < 4.78 is 0. The number of rotatable bonds is 6. The van der Waals surface area contributed by atoms with E-state index in [9.17, 15) is 15.0 Å². The molecule has 1 aliphatic carbocycles. The highest BCUT2D eigenvalue weighted by atomic mass is 16.4. The minimum Gasteiger partial charge on any atom is -0.465 e. The zero-order valence-corrected chi connectivity index (χ0v) is 11.9. The molecule has 0 unspecified atom stereocenters. The number of hydrogen-bond donors (Lipinski definition) is 4. The first kappa shape index (κ1) is 16.2. The van der Waals surface area contributed by atoms with E-state index >= 15 is 0 Å². The molecule has 0 aromatic rings. The van der Waals surface area contributed by atoms with Crippen LogP contribution in [-0.4, -0.2) is 39.7 Å². The molecule has 0 heterocycles. The standard InChI is InChI=1S/C14H27NO4/c1-9(2)12(16)13(17)11(15-14(18)19)8-10-6-4-3-5-7-10/h9-13,15-17H,3-8H2,1-2H3,(H,18,19)/t11-,12-,13+/m0/s1. The van der Waals surface area contributed by atoms with Crippen molar-refractivity contribution in [3.63, 3.8) is 0 Å². The molecule has 0 aliphatic heterocycles. The van der Waals surface area contributed by atoms with Crippen LogP contribution in [0.3, 0.4) is 0 Å². The third kappa shape index (κ3) is 5.37. The average molecular weight is 273 g/mol. The lowest BCUT2D eigenvalue weighted by molar-refractivity contribution is -0.0320. The van der Waals surface area contributed by atoms with Crippen molar-refractivity contribution < 1.29 is 20.1 Å². The molecule has 5 heteroatoms. The summed E-state index contributed by atoms with van der Waals surface area (Å²) in [6.45, 7) is 3.62. The Kier molecular flexibility index (Phi) is 6.58. The van der Waals surface area contributed by atoms with Crippen molar-refractivity contribution in [3.05, 3.63) is 0 Å². The zero-order valence-electron chi connectivity index (χ0n) is 11.9. The molecule has 1 rings (SSSR count). The van der Waals surface area contributed by atoms with Crippen LogP contribution in [0.25, 0.3) is 0 Å². The summed E-state index contributed by atoms with van der Waals surface area (Å²) in [6, 6.07) is -0.585. The fraction of sp³-hybridized carbons (Fsp3) is 0.929. The lowest BCUT2D eigenvalue weighted by Crippen LogP contribution is -2.50. The van der Waals surface area contributed by atoms with Gasteiger partial charge in [-0.05, 0) is 18.3 Å². The van der Waals surface area contributed by atoms with Crippen LogP contribution >= 0.6 is 0 Å². The first-order valence-corrected chi connectivity index (χ1v) is 7.27. The predicted octanol–water partition coefficient (Wildman–Crippen LogP) is 1.97. The highest BCUT2D eigenvalue weighted by Crippen LogP contribution is 2.28. The molecular formula is C14H27NO4. The number of aliphatic hydroxyl groups is 2. The molecule has 1 fully saturated rings. The molecule has 0 bridgehead atoms. The molecule has 0 radical (unpaired) electrons. The first-order valence-electron chi connectivity index (χ1n) is 7.27. The Balaban J connectivity index is 2.61. The van der Waals surface area contributed by atoms with Crippen molar-refractivity contribution in [2.45, 2.75) is 70.6 Å². The van der Waals surface area contributed by atoms with Gasteiger partial charge in [-0.3, -0.25) is 0 Å². The SMILES string of the molecule is CC(C)[C@H](O)[C@H](O)[C@H](CC1CCCCC1)NC(=O)O. The van der Waals surface area contributed by atoms with Gasteiger partial charge in [0.25, 0.3) is 0 Å². The van der Waals surface area contributed by atoms with Crippen molar-refractivity contribution in [3.8, 4) is 0 Å². The summed E-state index contributed by atoms with van der Waals surface area (Å²) in [7, 11) is 0. The topological polar surface area (TPSA) is 89.8 Å². The summed E-state index contributed by atoms with van der Waals surface area (Å²) in [6.07, 6.45) is 3.28. The molecule has 1 saturated carbocycles. The largest absolute Gasteiger partial charge is 0.465 e. The molecule has 1 aliphatic rings. The van der Waals surface area contributed by atoms with Crippen molar-refractivity contribution >= 4 is 6.09 Å². The van der Waals surface area contributed by atoms with Crippen LogP contribution in [0, 0.1) is 11.8 Å². The molecule has 112 valence electrons. The first-order chi connectivity index (χ1) is 8.91. The van der Waals surface area contributed by atoms with Gasteiger partial charge in [-0.25, -0.2) is 4.79 Å². The van der Waals surface area contributed by atoms with E-state index < -0.39 is 24.3 Å². The lowest BCUT2D eigenvalue weighted by Gasteiger charge is -2.32. The third-order valence-corrected chi connectivity index (χ3v) is 4.07. The van der Waals surface area contributed by atoms with Crippen molar-refractivity contribution in [2.24, 2.45) is 11.8 Å². The number of aliphatic hydroxyl groups excluding tert-OH is 2. The molecule has 0 aromatic carbocycles. The van der Waals surface area contributed by atoms with E-state index in [-0.39, 0.29) is 5.92 Å². The summed E-state index contributed by atoms with van der Waals surface area (Å²) in [5.41, 5.74) is 0. The molecule has 4 N–H and O–H groups in total. The van der Waals surface area contributed by atoms with Crippen LogP contribution in [0.5, 0.6) is 0 Å². The Morgan fingerprint density at radius 1 is 1.16 bits per heavy atom. The number of nitrogens with one attached hydrogen (secondary N) is 1. The van der Waals surface area contributed by atoms with Gasteiger partial charge in [0.15, 0.2) is 0 Å². The summed E-state index contributed by atoms with van der Waals surface area (Å²) in [5, 5.41) is 31.3. The molecule has 0 saturated heterocycles. The van der Waals surface area contributed by atoms with Gasteiger partial charge in [0.2, 0.25) is 0 Å². The van der Waals surface area contributed by atoms with Crippen molar-refractivity contribution in [2.75, 3.05) is 0 Å². The average Bonchev–Trinajstić information content (AvgIpc) is 2.36. The monoisotopic (exact) mass is 273 g/mol. The maximum atomic E-state index is 10.8. The number of carboxylic acid groups (broad SMARTS) is 1. The lowest BCUT2D eigenvalue weighted by atomic mass is 9.82. The van der Waals surface area contributed by atoms with Crippen LogP contribution in [0.15, 0.2) is 0 Å². The second-order valence-electron chi connectivity index (χ2n) is 6.02. The Bertz CT molecular complexity index is 277. The van der Waals surface area contributed by atoms with Crippen LogP contribution < -0.4 is 5.32 Å². The smallest absolute Gasteiger partial charge is 0.404 e. The molecule has 1 amide bonds. The van der Waals surface area contributed by atoms with E-state index in [0.29, 0.717) is 12.3 Å². The molecule has 0 aromatic heterocycles. The van der Waals surface area contributed by atoms with Gasteiger partial charge in [0.1, 0.15) is 6.10 Å². The van der Waals surface area contributed by atoms with E-state index in [1.807, 2.05) is 13.8 Å². The van der Waals surface area contributed by atoms with E-state index in [0.717, 1.165) is 12.8 Å². The second kappa shape index (κ2) is 7.70. The van der Waals surface area contributed by atoms with Gasteiger partial charge in [-0.2, -0.15) is 0 Å². The Hall–Kier alpha value is -0.810. The fourth-order valence-electron chi connectivity index (χ4n) is 2.86. The minimum absolute atomic E-state index is 0.0977. The number of amides is 1. The molecular weight excluding hydrogens is 246 g/mol. The van der Waals surface area contributed by atoms with Crippen LogP contribution in [-0.2, 0) is 0 Å². The minimum atomic E-state index is -1.14. The third-order valence-electron chi connectivity index (χ3n) is 4.07. The summed E-state index contributed by atoms with van der Waals surface area (Å²) in [4.78, 5) is 10.8. The quantitative estimate of drug-likeness (QED) is 0.595. The maximum absolute atomic E-state index is 10.8. The van der Waals surface area contributed by atoms with E-state index in [1.54, 1.807) is 0 Å². The summed E-state index contributed by atoms with van der Waals surface area (Å²) in [5.74, 6) is 0.346. The van der Waals surface area contributed by atoms with Crippen LogP contribution in [0.2, 0.25) is 0 Å². The Labute approximate surface area is 115 Å². The highest BCUT2D eigenvalue weighted by Gasteiger charge is 2.31. The van der Waals surface area contributed by atoms with Crippen LogP contribution in [0.1, 0.15) is 52.4 Å². The normalized spacial score (nSPS) is 21.9. The van der Waals surface area contributed by atoms with Gasteiger partial charge in [0, 0.05) is 0 Å². The van der Waals surface area contributed by atoms with E-state index in [4.69, 9.17) is 5.11 Å².